The molecule has 29 heavy (non-hydrogen) atoms. The molecule has 0 aliphatic carbocycles. The first-order valence-corrected chi connectivity index (χ1v) is 11.3. The highest BCUT2D eigenvalue weighted by Crippen LogP contribution is 2.22. The number of amides is 1. The standard InChI is InChI=1S/C23H32N2O3S/c1-4-19-15-22(29-17(19)2)23(26)24-16-18-6-5-7-21(14-18)28-13-10-25(3)20-8-11-27-12-9-20/h5-7,14-15,20H,4,8-13,16H2,1-3H3,(H,24,26). The zero-order valence-corrected chi connectivity index (χ0v) is 18.5. The topological polar surface area (TPSA) is 50.8 Å². The number of thiophene rings is 1. The molecule has 2 aromatic rings. The molecule has 158 valence electrons. The lowest BCUT2D eigenvalue weighted by atomic mass is 10.1. The van der Waals surface area contributed by atoms with Gasteiger partial charge in [-0.3, -0.25) is 9.69 Å². The van der Waals surface area contributed by atoms with Gasteiger partial charge in [-0.05, 0) is 62.6 Å². The Bertz CT molecular complexity index is 799. The molecule has 3 rings (SSSR count). The quantitative estimate of drug-likeness (QED) is 0.670. The molecule has 0 atom stereocenters. The fraction of sp³-hybridized carbons (Fsp3) is 0.522. The van der Waals surface area contributed by atoms with Gasteiger partial charge in [0.2, 0.25) is 0 Å². The predicted octanol–water partition coefficient (Wildman–Crippen LogP) is 4.04. The predicted molar refractivity (Wildman–Crippen MR) is 118 cm³/mol. The van der Waals surface area contributed by atoms with Crippen LogP contribution in [0.3, 0.4) is 0 Å². The summed E-state index contributed by atoms with van der Waals surface area (Å²) < 4.78 is 11.4. The van der Waals surface area contributed by atoms with E-state index in [0.29, 0.717) is 19.2 Å². The average molecular weight is 417 g/mol. The van der Waals surface area contributed by atoms with E-state index in [1.807, 2.05) is 30.3 Å². The third-order valence-electron chi connectivity index (χ3n) is 5.50. The molecule has 1 N–H and O–H groups in total. The zero-order valence-electron chi connectivity index (χ0n) is 17.7. The molecule has 5 nitrogen and oxygen atoms in total. The molecule has 6 heteroatoms. The Morgan fingerprint density at radius 3 is 2.83 bits per heavy atom. The van der Waals surface area contributed by atoms with Crippen molar-refractivity contribution in [3.05, 3.63) is 51.2 Å². The Morgan fingerprint density at radius 2 is 2.10 bits per heavy atom. The van der Waals surface area contributed by atoms with Gasteiger partial charge in [0.05, 0.1) is 4.88 Å². The highest BCUT2D eigenvalue weighted by molar-refractivity contribution is 7.14. The number of rotatable bonds is 9. The van der Waals surface area contributed by atoms with Crippen molar-refractivity contribution >= 4 is 17.2 Å². The zero-order chi connectivity index (χ0) is 20.6. The van der Waals surface area contributed by atoms with E-state index in [4.69, 9.17) is 9.47 Å². The third-order valence-corrected chi connectivity index (χ3v) is 6.60. The van der Waals surface area contributed by atoms with Crippen molar-refractivity contribution in [2.24, 2.45) is 0 Å². The summed E-state index contributed by atoms with van der Waals surface area (Å²) in [5.41, 5.74) is 2.29. The molecule has 1 aromatic carbocycles. The van der Waals surface area contributed by atoms with E-state index in [9.17, 15) is 4.79 Å². The molecule has 2 heterocycles. The minimum atomic E-state index is -0.0118. The number of likely N-dealkylation sites (N-methyl/N-ethyl adjacent to an activating group) is 1. The van der Waals surface area contributed by atoms with Crippen LogP contribution in [0.4, 0.5) is 0 Å². The summed E-state index contributed by atoms with van der Waals surface area (Å²) >= 11 is 1.56. The minimum Gasteiger partial charge on any atom is -0.492 e. The number of hydrogen-bond donors (Lipinski definition) is 1. The number of nitrogens with one attached hydrogen (secondary N) is 1. The van der Waals surface area contributed by atoms with Gasteiger partial charge in [0.1, 0.15) is 12.4 Å². The highest BCUT2D eigenvalue weighted by atomic mass is 32.1. The van der Waals surface area contributed by atoms with Crippen molar-refractivity contribution < 1.29 is 14.3 Å². The summed E-state index contributed by atoms with van der Waals surface area (Å²) in [7, 11) is 2.15. The number of hydrogen-bond acceptors (Lipinski definition) is 5. The molecule has 1 fully saturated rings. The summed E-state index contributed by atoms with van der Waals surface area (Å²) in [4.78, 5) is 16.8. The van der Waals surface area contributed by atoms with Crippen LogP contribution in [-0.2, 0) is 17.7 Å². The van der Waals surface area contributed by atoms with Crippen LogP contribution < -0.4 is 10.1 Å². The molecule has 1 aromatic heterocycles. The lowest BCUT2D eigenvalue weighted by Gasteiger charge is -2.31. The maximum atomic E-state index is 12.4. The molecule has 0 unspecified atom stereocenters. The van der Waals surface area contributed by atoms with E-state index in [1.54, 1.807) is 11.3 Å². The van der Waals surface area contributed by atoms with Gasteiger partial charge in [0.15, 0.2) is 0 Å². The number of carbonyl (C=O) groups excluding carboxylic acids is 1. The number of carbonyl (C=O) groups is 1. The summed E-state index contributed by atoms with van der Waals surface area (Å²) in [6.45, 7) is 7.93. The van der Waals surface area contributed by atoms with Crippen LogP contribution >= 0.6 is 11.3 Å². The van der Waals surface area contributed by atoms with E-state index < -0.39 is 0 Å². The Balaban J connectivity index is 1.45. The first kappa shape index (κ1) is 21.8. The molecule has 1 aliphatic rings. The Morgan fingerprint density at radius 1 is 1.31 bits per heavy atom. The monoisotopic (exact) mass is 416 g/mol. The van der Waals surface area contributed by atoms with Crippen LogP contribution in [0.1, 0.15) is 45.4 Å². The second-order valence-electron chi connectivity index (χ2n) is 7.55. The molecule has 1 aliphatic heterocycles. The molecule has 1 amide bonds. The fourth-order valence-corrected chi connectivity index (χ4v) is 4.64. The Labute approximate surface area is 178 Å². The molecule has 0 bridgehead atoms. The molecule has 0 spiro atoms. The van der Waals surface area contributed by atoms with E-state index in [-0.39, 0.29) is 5.91 Å². The summed E-state index contributed by atoms with van der Waals surface area (Å²) in [6.07, 6.45) is 3.14. The van der Waals surface area contributed by atoms with Gasteiger partial charge in [-0.15, -0.1) is 11.3 Å². The minimum absolute atomic E-state index is 0.0118. The number of ether oxygens (including phenoxy) is 2. The molecule has 1 saturated heterocycles. The van der Waals surface area contributed by atoms with Crippen LogP contribution in [0.25, 0.3) is 0 Å². The van der Waals surface area contributed by atoms with Gasteiger partial charge in [-0.25, -0.2) is 0 Å². The molecular weight excluding hydrogens is 384 g/mol. The molecular formula is C23H32N2O3S. The highest BCUT2D eigenvalue weighted by Gasteiger charge is 2.18. The van der Waals surface area contributed by atoms with E-state index in [2.05, 4.69) is 31.1 Å². The summed E-state index contributed by atoms with van der Waals surface area (Å²) in [5.74, 6) is 0.833. The first-order chi connectivity index (χ1) is 14.1. The average Bonchev–Trinajstić information content (AvgIpc) is 3.13. The van der Waals surface area contributed by atoms with E-state index in [0.717, 1.165) is 55.2 Å². The number of benzene rings is 1. The fourth-order valence-electron chi connectivity index (χ4n) is 3.61. The van der Waals surface area contributed by atoms with Crippen molar-refractivity contribution in [2.45, 2.75) is 45.7 Å². The van der Waals surface area contributed by atoms with E-state index >= 15 is 0 Å². The smallest absolute Gasteiger partial charge is 0.261 e. The number of aryl methyl sites for hydroxylation is 2. The van der Waals surface area contributed by atoms with E-state index in [1.165, 1.54) is 10.4 Å². The second-order valence-corrected chi connectivity index (χ2v) is 8.80. The van der Waals surface area contributed by atoms with Gasteiger partial charge in [-0.1, -0.05) is 19.1 Å². The SMILES string of the molecule is CCc1cc(C(=O)NCc2cccc(OCCN(C)C3CCOCC3)c2)sc1C. The van der Waals surface area contributed by atoms with Crippen molar-refractivity contribution in [1.82, 2.24) is 10.2 Å². The normalized spacial score (nSPS) is 14.9. The van der Waals surface area contributed by atoms with Gasteiger partial charge >= 0.3 is 0 Å². The second kappa shape index (κ2) is 10.8. The van der Waals surface area contributed by atoms with Crippen LogP contribution in [0.15, 0.2) is 30.3 Å². The lowest BCUT2D eigenvalue weighted by Crippen LogP contribution is -2.38. The van der Waals surface area contributed by atoms with Crippen LogP contribution in [0.2, 0.25) is 0 Å². The Kier molecular flexibility index (Phi) is 8.09. The third kappa shape index (κ3) is 6.29. The summed E-state index contributed by atoms with van der Waals surface area (Å²) in [6, 6.07) is 10.6. The number of nitrogens with zero attached hydrogens (tertiary/aromatic N) is 1. The maximum Gasteiger partial charge on any atom is 0.261 e. The van der Waals surface area contributed by atoms with Gasteiger partial charge in [0, 0.05) is 37.2 Å². The Hall–Kier alpha value is -1.89. The van der Waals surface area contributed by atoms with Crippen LogP contribution in [0, 0.1) is 6.92 Å². The van der Waals surface area contributed by atoms with Crippen LogP contribution in [-0.4, -0.2) is 50.3 Å². The first-order valence-electron chi connectivity index (χ1n) is 10.4. The largest absolute Gasteiger partial charge is 0.492 e. The maximum absolute atomic E-state index is 12.4. The van der Waals surface area contributed by atoms with Crippen LogP contribution in [0.5, 0.6) is 5.75 Å². The van der Waals surface area contributed by atoms with Gasteiger partial charge in [0.25, 0.3) is 5.91 Å². The van der Waals surface area contributed by atoms with Crippen molar-refractivity contribution in [3.63, 3.8) is 0 Å². The van der Waals surface area contributed by atoms with Crippen molar-refractivity contribution in [3.8, 4) is 5.75 Å². The van der Waals surface area contributed by atoms with Crippen molar-refractivity contribution in [2.75, 3.05) is 33.4 Å². The van der Waals surface area contributed by atoms with Gasteiger partial charge < -0.3 is 14.8 Å². The van der Waals surface area contributed by atoms with Crippen molar-refractivity contribution in [1.29, 1.82) is 0 Å². The molecule has 0 radical (unpaired) electrons. The lowest BCUT2D eigenvalue weighted by molar-refractivity contribution is 0.0392. The van der Waals surface area contributed by atoms with Gasteiger partial charge in [-0.2, -0.15) is 0 Å². The molecule has 0 saturated carbocycles. The summed E-state index contributed by atoms with van der Waals surface area (Å²) in [5, 5.41) is 3.02.